The summed E-state index contributed by atoms with van der Waals surface area (Å²) < 4.78 is 5.74. The molecule has 0 unspecified atom stereocenters. The molecule has 0 saturated carbocycles. The van der Waals surface area contributed by atoms with Crippen LogP contribution in [-0.4, -0.2) is 21.1 Å². The van der Waals surface area contributed by atoms with Crippen LogP contribution < -0.4 is 0 Å². The maximum absolute atomic E-state index is 10.7. The Labute approximate surface area is 147 Å². The van der Waals surface area contributed by atoms with E-state index in [0.717, 1.165) is 11.1 Å². The summed E-state index contributed by atoms with van der Waals surface area (Å²) in [6.45, 7) is 0. The lowest BCUT2D eigenvalue weighted by Crippen LogP contribution is -1.88. The predicted octanol–water partition coefficient (Wildman–Crippen LogP) is 4.55. The van der Waals surface area contributed by atoms with E-state index >= 15 is 0 Å². The van der Waals surface area contributed by atoms with Crippen molar-refractivity contribution >= 4 is 28.7 Å². The Morgan fingerprint density at radius 1 is 1.12 bits per heavy atom. The average Bonchev–Trinajstić information content (AvgIpc) is 3.11. The molecule has 0 aliphatic rings. The molecule has 26 heavy (non-hydrogen) atoms. The van der Waals surface area contributed by atoms with Gasteiger partial charge >= 0.3 is 0 Å². The van der Waals surface area contributed by atoms with Crippen molar-refractivity contribution in [2.45, 2.75) is 0 Å². The van der Waals surface area contributed by atoms with Gasteiger partial charge in [-0.1, -0.05) is 0 Å². The molecule has 2 aromatic heterocycles. The van der Waals surface area contributed by atoms with Crippen LogP contribution in [0, 0.1) is 10.1 Å². The molecule has 0 bridgehead atoms. The zero-order valence-corrected chi connectivity index (χ0v) is 13.4. The Bertz CT molecular complexity index is 1100. The molecule has 0 atom stereocenters. The quantitative estimate of drug-likeness (QED) is 0.307. The van der Waals surface area contributed by atoms with E-state index in [9.17, 15) is 10.1 Å². The standard InChI is InChI=1S/C19H12N4O3/c24-23(25)16-6-3-13(4-7-16)11-21-15-5-8-18-17(10-15)22-19(26-18)14-2-1-9-20-12-14/h1-12H. The van der Waals surface area contributed by atoms with Gasteiger partial charge in [-0.2, -0.15) is 0 Å². The highest BCUT2D eigenvalue weighted by atomic mass is 16.6. The number of aromatic nitrogens is 2. The first-order chi connectivity index (χ1) is 12.7. The number of nitrogens with zero attached hydrogens (tertiary/aromatic N) is 4. The van der Waals surface area contributed by atoms with Crippen molar-refractivity contribution in [3.63, 3.8) is 0 Å². The smallest absolute Gasteiger partial charge is 0.269 e. The van der Waals surface area contributed by atoms with Crippen molar-refractivity contribution in [3.8, 4) is 11.5 Å². The normalized spacial score (nSPS) is 11.2. The highest BCUT2D eigenvalue weighted by molar-refractivity contribution is 5.85. The fourth-order valence-electron chi connectivity index (χ4n) is 2.44. The molecule has 2 aromatic carbocycles. The second-order valence-electron chi connectivity index (χ2n) is 5.52. The molecular weight excluding hydrogens is 332 g/mol. The third-order valence-electron chi connectivity index (χ3n) is 3.75. The number of non-ortho nitro benzene ring substituents is 1. The Morgan fingerprint density at radius 3 is 2.69 bits per heavy atom. The lowest BCUT2D eigenvalue weighted by atomic mass is 10.2. The molecule has 2 heterocycles. The Hall–Kier alpha value is -3.87. The van der Waals surface area contributed by atoms with Gasteiger partial charge in [-0.25, -0.2) is 4.98 Å². The van der Waals surface area contributed by atoms with Crippen LogP contribution in [0.25, 0.3) is 22.6 Å². The Kier molecular flexibility index (Phi) is 3.95. The highest BCUT2D eigenvalue weighted by Gasteiger charge is 2.08. The van der Waals surface area contributed by atoms with Crippen LogP contribution in [0.2, 0.25) is 0 Å². The van der Waals surface area contributed by atoms with Gasteiger partial charge in [0, 0.05) is 30.7 Å². The zero-order valence-electron chi connectivity index (χ0n) is 13.4. The summed E-state index contributed by atoms with van der Waals surface area (Å²) in [5.41, 5.74) is 3.70. The van der Waals surface area contributed by atoms with Crippen LogP contribution in [0.1, 0.15) is 5.56 Å². The van der Waals surface area contributed by atoms with Crippen LogP contribution in [0.5, 0.6) is 0 Å². The van der Waals surface area contributed by atoms with Crippen LogP contribution in [0.15, 0.2) is 76.4 Å². The van der Waals surface area contributed by atoms with Gasteiger partial charge in [0.05, 0.1) is 16.2 Å². The van der Waals surface area contributed by atoms with Gasteiger partial charge in [0.15, 0.2) is 5.58 Å². The number of nitro benzene ring substituents is 1. The highest BCUT2D eigenvalue weighted by Crippen LogP contribution is 2.26. The molecule has 4 rings (SSSR count). The molecule has 0 spiro atoms. The zero-order chi connectivity index (χ0) is 17.9. The van der Waals surface area contributed by atoms with E-state index in [1.165, 1.54) is 12.1 Å². The number of hydrogen-bond donors (Lipinski definition) is 0. The summed E-state index contributed by atoms with van der Waals surface area (Å²) in [6, 6.07) is 15.3. The molecule has 0 aliphatic heterocycles. The first kappa shape index (κ1) is 15.6. The van der Waals surface area contributed by atoms with E-state index in [-0.39, 0.29) is 5.69 Å². The van der Waals surface area contributed by atoms with Gasteiger partial charge in [0.1, 0.15) is 5.52 Å². The Morgan fingerprint density at radius 2 is 1.96 bits per heavy atom. The van der Waals surface area contributed by atoms with Gasteiger partial charge in [-0.05, 0) is 48.0 Å². The van der Waals surface area contributed by atoms with Crippen molar-refractivity contribution in [3.05, 3.63) is 82.7 Å². The molecule has 7 heteroatoms. The van der Waals surface area contributed by atoms with E-state index in [4.69, 9.17) is 4.42 Å². The van der Waals surface area contributed by atoms with E-state index < -0.39 is 4.92 Å². The van der Waals surface area contributed by atoms with Gasteiger partial charge in [-0.15, -0.1) is 0 Å². The number of benzene rings is 2. The fourth-order valence-corrected chi connectivity index (χ4v) is 2.44. The third-order valence-corrected chi connectivity index (χ3v) is 3.75. The van der Waals surface area contributed by atoms with Crippen LogP contribution in [-0.2, 0) is 0 Å². The molecule has 0 saturated heterocycles. The molecule has 7 nitrogen and oxygen atoms in total. The first-order valence-corrected chi connectivity index (χ1v) is 7.78. The lowest BCUT2D eigenvalue weighted by Gasteiger charge is -1.95. The van der Waals surface area contributed by atoms with Crippen molar-refractivity contribution in [1.29, 1.82) is 0 Å². The molecule has 0 fully saturated rings. The number of nitro groups is 1. The van der Waals surface area contributed by atoms with E-state index in [0.29, 0.717) is 22.7 Å². The van der Waals surface area contributed by atoms with Crippen molar-refractivity contribution in [1.82, 2.24) is 9.97 Å². The van der Waals surface area contributed by atoms with Crippen molar-refractivity contribution in [2.24, 2.45) is 4.99 Å². The monoisotopic (exact) mass is 344 g/mol. The summed E-state index contributed by atoms with van der Waals surface area (Å²) in [6.07, 6.45) is 5.03. The molecule has 0 radical (unpaired) electrons. The maximum atomic E-state index is 10.7. The second kappa shape index (κ2) is 6.56. The summed E-state index contributed by atoms with van der Waals surface area (Å²) in [7, 11) is 0. The molecule has 0 amide bonds. The maximum Gasteiger partial charge on any atom is 0.269 e. The van der Waals surface area contributed by atoms with Crippen LogP contribution in [0.3, 0.4) is 0 Å². The van der Waals surface area contributed by atoms with E-state index in [1.807, 2.05) is 30.3 Å². The van der Waals surface area contributed by atoms with Crippen LogP contribution in [0.4, 0.5) is 11.4 Å². The largest absolute Gasteiger partial charge is 0.436 e. The van der Waals surface area contributed by atoms with Crippen molar-refractivity contribution < 1.29 is 9.34 Å². The summed E-state index contributed by atoms with van der Waals surface area (Å²) in [5.74, 6) is 0.504. The molecule has 0 N–H and O–H groups in total. The number of fused-ring (bicyclic) bond motifs is 1. The summed E-state index contributed by atoms with van der Waals surface area (Å²) in [4.78, 5) is 23.2. The SMILES string of the molecule is O=[N+]([O-])c1ccc(C=Nc2ccc3oc(-c4cccnc4)nc3c2)cc1. The van der Waals surface area contributed by atoms with Gasteiger partial charge in [0.25, 0.3) is 5.69 Å². The van der Waals surface area contributed by atoms with Gasteiger partial charge < -0.3 is 4.42 Å². The van der Waals surface area contributed by atoms with Crippen molar-refractivity contribution in [2.75, 3.05) is 0 Å². The summed E-state index contributed by atoms with van der Waals surface area (Å²) in [5, 5.41) is 10.7. The molecule has 0 aliphatic carbocycles. The summed E-state index contributed by atoms with van der Waals surface area (Å²) >= 11 is 0. The number of aliphatic imine (C=N–C) groups is 1. The van der Waals surface area contributed by atoms with Gasteiger partial charge in [-0.3, -0.25) is 20.1 Å². The molecular formula is C19H12N4O3. The first-order valence-electron chi connectivity index (χ1n) is 7.78. The number of pyridine rings is 1. The number of oxazole rings is 1. The minimum Gasteiger partial charge on any atom is -0.436 e. The van der Waals surface area contributed by atoms with Gasteiger partial charge in [0.2, 0.25) is 5.89 Å². The molecule has 126 valence electrons. The second-order valence-corrected chi connectivity index (χ2v) is 5.52. The van der Waals surface area contributed by atoms with Crippen LogP contribution >= 0.6 is 0 Å². The topological polar surface area (TPSA) is 94.4 Å². The van der Waals surface area contributed by atoms with E-state index in [1.54, 1.807) is 30.7 Å². The Balaban J connectivity index is 1.60. The van der Waals surface area contributed by atoms with E-state index in [2.05, 4.69) is 15.0 Å². The number of hydrogen-bond acceptors (Lipinski definition) is 6. The lowest BCUT2D eigenvalue weighted by molar-refractivity contribution is -0.384. The number of rotatable bonds is 4. The minimum atomic E-state index is -0.431. The molecule has 4 aromatic rings. The fraction of sp³-hybridized carbons (Fsp3) is 0. The average molecular weight is 344 g/mol. The predicted molar refractivity (Wildman–Crippen MR) is 97.6 cm³/mol. The minimum absolute atomic E-state index is 0.0501. The third kappa shape index (κ3) is 3.18.